The molecule has 3 rings (SSSR count). The summed E-state index contributed by atoms with van der Waals surface area (Å²) >= 11 is 1.64. The molecular weight excluding hydrogens is 484 g/mol. The molecule has 3 aromatic rings. The Morgan fingerprint density at radius 1 is 1.20 bits per heavy atom. The molecule has 188 valence electrons. The average molecular weight is 517 g/mol. The summed E-state index contributed by atoms with van der Waals surface area (Å²) in [6.45, 7) is 5.36. The molecule has 11 heteroatoms. The first-order chi connectivity index (χ1) is 16.8. The van der Waals surface area contributed by atoms with Gasteiger partial charge in [0.15, 0.2) is 0 Å². The minimum Gasteiger partial charge on any atom is -0.448 e. The van der Waals surface area contributed by atoms with Crippen LogP contribution in [0.15, 0.2) is 57.2 Å². The standard InChI is InChI=1S/C24H32N6O3S2/c1-5-33-24(31)29-35(32,6-2)19-12-10-18(11-13-19)27-23-26-17-20(21-9-7-16-34-21)22(28-23)25-14-8-15-30(3)4/h7,9-13,16-17H,5-6,8,14-15H2,1-4H3,(H2,25,26,27,28). The van der Waals surface area contributed by atoms with Crippen molar-refractivity contribution in [3.05, 3.63) is 48.0 Å². The molecule has 1 aromatic carbocycles. The number of amides is 1. The Labute approximate surface area is 211 Å². The van der Waals surface area contributed by atoms with Gasteiger partial charge < -0.3 is 20.3 Å². The van der Waals surface area contributed by atoms with Crippen molar-refractivity contribution in [3.63, 3.8) is 0 Å². The van der Waals surface area contributed by atoms with Gasteiger partial charge in [0.1, 0.15) is 5.82 Å². The third-order valence-electron chi connectivity index (χ3n) is 5.01. The summed E-state index contributed by atoms with van der Waals surface area (Å²) in [6.07, 6.45) is 1.98. The number of aromatic nitrogens is 2. The predicted molar refractivity (Wildman–Crippen MR) is 143 cm³/mol. The molecule has 0 bridgehead atoms. The Morgan fingerprint density at radius 2 is 1.97 bits per heavy atom. The number of ether oxygens (including phenoxy) is 1. The monoisotopic (exact) mass is 516 g/mol. The molecule has 0 radical (unpaired) electrons. The van der Waals surface area contributed by atoms with Crippen LogP contribution in [0, 0.1) is 0 Å². The molecule has 0 aliphatic rings. The zero-order valence-electron chi connectivity index (χ0n) is 20.5. The fourth-order valence-corrected chi connectivity index (χ4v) is 5.39. The van der Waals surface area contributed by atoms with Gasteiger partial charge in [0.05, 0.1) is 21.9 Å². The number of rotatable bonds is 11. The Kier molecular flexibility index (Phi) is 9.58. The van der Waals surface area contributed by atoms with Crippen LogP contribution in [0.1, 0.15) is 20.3 Å². The second-order valence-corrected chi connectivity index (χ2v) is 11.3. The predicted octanol–water partition coefficient (Wildman–Crippen LogP) is 5.32. The van der Waals surface area contributed by atoms with E-state index in [9.17, 15) is 9.00 Å². The number of nitrogens with one attached hydrogen (secondary N) is 2. The highest BCUT2D eigenvalue weighted by Gasteiger charge is 2.15. The highest BCUT2D eigenvalue weighted by Crippen LogP contribution is 2.31. The molecule has 1 unspecified atom stereocenters. The molecule has 1 atom stereocenters. The van der Waals surface area contributed by atoms with E-state index in [0.717, 1.165) is 41.5 Å². The van der Waals surface area contributed by atoms with E-state index < -0.39 is 15.8 Å². The first-order valence-corrected chi connectivity index (χ1v) is 14.0. The van der Waals surface area contributed by atoms with Crippen molar-refractivity contribution in [1.82, 2.24) is 14.9 Å². The van der Waals surface area contributed by atoms with E-state index in [0.29, 0.717) is 10.8 Å². The van der Waals surface area contributed by atoms with Crippen LogP contribution in [0.2, 0.25) is 0 Å². The summed E-state index contributed by atoms with van der Waals surface area (Å²) in [5, 5.41) is 8.67. The van der Waals surface area contributed by atoms with Gasteiger partial charge in [-0.1, -0.05) is 13.0 Å². The topological polar surface area (TPSA) is 109 Å². The van der Waals surface area contributed by atoms with Gasteiger partial charge in [-0.25, -0.2) is 14.0 Å². The Balaban J connectivity index is 1.80. The second kappa shape index (κ2) is 12.6. The number of anilines is 3. The van der Waals surface area contributed by atoms with Crippen molar-refractivity contribution in [2.75, 3.05) is 50.2 Å². The fourth-order valence-electron chi connectivity index (χ4n) is 3.23. The largest absolute Gasteiger partial charge is 0.448 e. The molecule has 0 spiro atoms. The van der Waals surface area contributed by atoms with Crippen LogP contribution < -0.4 is 10.6 Å². The van der Waals surface area contributed by atoms with Crippen molar-refractivity contribution < 1.29 is 13.7 Å². The van der Waals surface area contributed by atoms with Crippen LogP contribution in [0.4, 0.5) is 22.2 Å². The molecule has 2 aromatic heterocycles. The van der Waals surface area contributed by atoms with E-state index >= 15 is 0 Å². The molecule has 2 N–H and O–H groups in total. The SMILES string of the molecule is CCOC(=O)N=S(=O)(CC)c1ccc(Nc2ncc(-c3cccs3)c(NCCCN(C)C)n2)cc1. The lowest BCUT2D eigenvalue weighted by Crippen LogP contribution is -2.17. The zero-order chi connectivity index (χ0) is 25.3. The Bertz CT molecular complexity index is 1220. The van der Waals surface area contributed by atoms with Crippen molar-refractivity contribution in [2.24, 2.45) is 4.36 Å². The number of carbonyl (C=O) groups excluding carboxylic acids is 1. The Hall–Kier alpha value is -3.02. The van der Waals surface area contributed by atoms with Gasteiger partial charge in [0.2, 0.25) is 5.95 Å². The summed E-state index contributed by atoms with van der Waals surface area (Å²) in [6, 6.07) is 11.0. The second-order valence-electron chi connectivity index (χ2n) is 7.89. The summed E-state index contributed by atoms with van der Waals surface area (Å²) in [7, 11) is 1.21. The third-order valence-corrected chi connectivity index (χ3v) is 8.15. The van der Waals surface area contributed by atoms with Crippen LogP contribution >= 0.6 is 11.3 Å². The van der Waals surface area contributed by atoms with Gasteiger partial charge in [0, 0.05) is 34.0 Å². The van der Waals surface area contributed by atoms with Gasteiger partial charge >= 0.3 is 6.09 Å². The molecule has 9 nitrogen and oxygen atoms in total. The number of nitrogens with zero attached hydrogens (tertiary/aromatic N) is 4. The summed E-state index contributed by atoms with van der Waals surface area (Å²) in [4.78, 5) is 24.7. The van der Waals surface area contributed by atoms with Gasteiger partial charge in [-0.05, 0) is 69.7 Å². The molecule has 35 heavy (non-hydrogen) atoms. The van der Waals surface area contributed by atoms with Gasteiger partial charge in [0.25, 0.3) is 0 Å². The van der Waals surface area contributed by atoms with E-state index in [1.165, 1.54) is 0 Å². The number of hydrogen-bond donors (Lipinski definition) is 2. The highest BCUT2D eigenvalue weighted by atomic mass is 32.2. The molecular formula is C24H32N6O3S2. The summed E-state index contributed by atoms with van der Waals surface area (Å²) in [5.74, 6) is 1.41. The summed E-state index contributed by atoms with van der Waals surface area (Å²) in [5.41, 5.74) is 1.68. The minimum absolute atomic E-state index is 0.183. The lowest BCUT2D eigenvalue weighted by atomic mass is 10.2. The highest BCUT2D eigenvalue weighted by molar-refractivity contribution is 7.93. The van der Waals surface area contributed by atoms with Crippen LogP contribution in [0.25, 0.3) is 10.4 Å². The van der Waals surface area contributed by atoms with Crippen LogP contribution in [0.3, 0.4) is 0 Å². The molecule has 0 aliphatic heterocycles. The fraction of sp³-hybridized carbons (Fsp3) is 0.375. The van der Waals surface area contributed by atoms with Crippen molar-refractivity contribution in [1.29, 1.82) is 0 Å². The van der Waals surface area contributed by atoms with Crippen LogP contribution in [-0.4, -0.2) is 64.7 Å². The maximum Gasteiger partial charge on any atom is 0.442 e. The van der Waals surface area contributed by atoms with E-state index in [4.69, 9.17) is 9.72 Å². The Morgan fingerprint density at radius 3 is 2.60 bits per heavy atom. The average Bonchev–Trinajstić information content (AvgIpc) is 3.37. The normalized spacial score (nSPS) is 12.7. The quantitative estimate of drug-likeness (QED) is 0.330. The van der Waals surface area contributed by atoms with Crippen molar-refractivity contribution in [2.45, 2.75) is 25.2 Å². The van der Waals surface area contributed by atoms with E-state index in [1.54, 1.807) is 49.4 Å². The smallest absolute Gasteiger partial charge is 0.442 e. The van der Waals surface area contributed by atoms with Gasteiger partial charge in [-0.15, -0.1) is 15.7 Å². The van der Waals surface area contributed by atoms with Crippen LogP contribution in [-0.2, 0) is 14.5 Å². The molecule has 0 saturated carbocycles. The number of thiophene rings is 1. The molecule has 1 amide bonds. The summed E-state index contributed by atoms with van der Waals surface area (Å²) < 4.78 is 21.8. The van der Waals surface area contributed by atoms with Gasteiger partial charge in [-0.2, -0.15) is 4.98 Å². The van der Waals surface area contributed by atoms with Crippen molar-refractivity contribution in [3.8, 4) is 10.4 Å². The first kappa shape index (κ1) is 26.6. The molecule has 0 aliphatic carbocycles. The number of carbonyl (C=O) groups is 1. The first-order valence-electron chi connectivity index (χ1n) is 11.4. The molecule has 0 fully saturated rings. The zero-order valence-corrected chi connectivity index (χ0v) is 22.1. The van der Waals surface area contributed by atoms with E-state index in [-0.39, 0.29) is 12.4 Å². The maximum absolute atomic E-state index is 13.1. The van der Waals surface area contributed by atoms with E-state index in [2.05, 4.69) is 39.0 Å². The lowest BCUT2D eigenvalue weighted by molar-refractivity contribution is 0.164. The third kappa shape index (κ3) is 7.48. The lowest BCUT2D eigenvalue weighted by Gasteiger charge is -2.14. The number of benzene rings is 1. The number of hydrogen-bond acceptors (Lipinski definition) is 9. The van der Waals surface area contributed by atoms with E-state index in [1.807, 2.05) is 23.7 Å². The molecule has 0 saturated heterocycles. The molecule has 2 heterocycles. The van der Waals surface area contributed by atoms with Gasteiger partial charge in [-0.3, -0.25) is 0 Å². The van der Waals surface area contributed by atoms with Crippen LogP contribution in [0.5, 0.6) is 0 Å². The minimum atomic E-state index is -2.89. The van der Waals surface area contributed by atoms with Crippen molar-refractivity contribution >= 4 is 44.6 Å². The maximum atomic E-state index is 13.1.